The number of aromatic nitrogens is 1. The highest BCUT2D eigenvalue weighted by atomic mass is 19.1. The maximum atomic E-state index is 14.4. The molecule has 0 bridgehead atoms. The van der Waals surface area contributed by atoms with Crippen LogP contribution in [-0.4, -0.2) is 23.9 Å². The first kappa shape index (κ1) is 18.6. The van der Waals surface area contributed by atoms with E-state index >= 15 is 0 Å². The number of imide groups is 1. The molecular formula is C18H13FN4O3. The Labute approximate surface area is 148 Å². The summed E-state index contributed by atoms with van der Waals surface area (Å²) in [5, 5.41) is 19.1. The Morgan fingerprint density at radius 3 is 2.15 bits per heavy atom. The van der Waals surface area contributed by atoms with Crippen LogP contribution in [0.3, 0.4) is 0 Å². The van der Waals surface area contributed by atoms with Crippen LogP contribution in [0.4, 0.5) is 10.2 Å². The van der Waals surface area contributed by atoms with Gasteiger partial charge < -0.3 is 4.74 Å². The van der Waals surface area contributed by atoms with Crippen molar-refractivity contribution in [3.8, 4) is 29.1 Å². The van der Waals surface area contributed by atoms with E-state index in [1.54, 1.807) is 0 Å². The zero-order valence-electron chi connectivity index (χ0n) is 14.2. The van der Waals surface area contributed by atoms with Crippen molar-refractivity contribution in [2.75, 3.05) is 12.0 Å². The van der Waals surface area contributed by atoms with Gasteiger partial charge in [-0.2, -0.15) is 15.5 Å². The van der Waals surface area contributed by atoms with Crippen LogP contribution < -0.4 is 9.64 Å². The molecule has 0 spiro atoms. The number of pyridine rings is 1. The number of benzene rings is 1. The molecule has 0 saturated heterocycles. The largest absolute Gasteiger partial charge is 0.480 e. The number of nitriles is 2. The van der Waals surface area contributed by atoms with Gasteiger partial charge in [0.1, 0.15) is 29.1 Å². The highest BCUT2D eigenvalue weighted by Crippen LogP contribution is 2.38. The molecule has 130 valence electrons. The Morgan fingerprint density at radius 1 is 1.12 bits per heavy atom. The second-order valence-electron chi connectivity index (χ2n) is 5.15. The number of hydrogen-bond donors (Lipinski definition) is 0. The van der Waals surface area contributed by atoms with Crippen molar-refractivity contribution in [1.29, 1.82) is 10.5 Å². The molecule has 26 heavy (non-hydrogen) atoms. The number of anilines is 1. The maximum Gasteiger partial charge on any atom is 0.234 e. The molecule has 1 aromatic carbocycles. The fraction of sp³-hybridized carbons (Fsp3) is 0.167. The number of carbonyl (C=O) groups is 2. The van der Waals surface area contributed by atoms with Gasteiger partial charge in [-0.15, -0.1) is 0 Å². The van der Waals surface area contributed by atoms with Crippen LogP contribution in [0.15, 0.2) is 24.3 Å². The third-order valence-electron chi connectivity index (χ3n) is 3.55. The van der Waals surface area contributed by atoms with Gasteiger partial charge in [0.2, 0.25) is 17.7 Å². The van der Waals surface area contributed by atoms with E-state index in [4.69, 9.17) is 4.74 Å². The zero-order chi connectivity index (χ0) is 19.4. The van der Waals surface area contributed by atoms with Crippen molar-refractivity contribution in [1.82, 2.24) is 4.98 Å². The number of methoxy groups -OCH3 is 1. The molecule has 8 heteroatoms. The van der Waals surface area contributed by atoms with E-state index in [0.717, 1.165) is 19.9 Å². The highest BCUT2D eigenvalue weighted by Gasteiger charge is 2.29. The molecule has 7 nitrogen and oxygen atoms in total. The van der Waals surface area contributed by atoms with Crippen LogP contribution >= 0.6 is 0 Å². The van der Waals surface area contributed by atoms with Gasteiger partial charge in [-0.1, -0.05) is 18.2 Å². The molecule has 2 amide bonds. The lowest BCUT2D eigenvalue weighted by Gasteiger charge is -2.21. The molecule has 2 aromatic rings. The average molecular weight is 352 g/mol. The van der Waals surface area contributed by atoms with Gasteiger partial charge in [-0.3, -0.25) is 9.59 Å². The van der Waals surface area contributed by atoms with E-state index < -0.39 is 17.6 Å². The maximum absolute atomic E-state index is 14.4. The predicted octanol–water partition coefficient (Wildman–Crippen LogP) is 2.54. The second-order valence-corrected chi connectivity index (χ2v) is 5.15. The van der Waals surface area contributed by atoms with E-state index in [-0.39, 0.29) is 34.0 Å². The molecule has 0 saturated carbocycles. The average Bonchev–Trinajstić information content (AvgIpc) is 2.60. The Balaban J connectivity index is 3.04. The molecule has 0 N–H and O–H groups in total. The van der Waals surface area contributed by atoms with Crippen molar-refractivity contribution in [3.63, 3.8) is 0 Å². The lowest BCUT2D eigenvalue weighted by Crippen LogP contribution is -2.34. The topological polar surface area (TPSA) is 107 Å². The van der Waals surface area contributed by atoms with Crippen molar-refractivity contribution >= 4 is 17.6 Å². The first-order chi connectivity index (χ1) is 12.4. The first-order valence-electron chi connectivity index (χ1n) is 7.35. The minimum atomic E-state index is -0.687. The predicted molar refractivity (Wildman–Crippen MR) is 89.5 cm³/mol. The molecule has 0 aliphatic heterocycles. The van der Waals surface area contributed by atoms with Crippen LogP contribution in [0.2, 0.25) is 0 Å². The van der Waals surface area contributed by atoms with Crippen molar-refractivity contribution in [3.05, 3.63) is 41.2 Å². The summed E-state index contributed by atoms with van der Waals surface area (Å²) in [5.74, 6) is -2.61. The lowest BCUT2D eigenvalue weighted by atomic mass is 9.95. The van der Waals surface area contributed by atoms with Crippen molar-refractivity contribution in [2.24, 2.45) is 0 Å². The monoisotopic (exact) mass is 352 g/mol. The summed E-state index contributed by atoms with van der Waals surface area (Å²) < 4.78 is 19.4. The fourth-order valence-electron chi connectivity index (χ4n) is 2.52. The molecule has 0 fully saturated rings. The normalized spacial score (nSPS) is 9.77. The van der Waals surface area contributed by atoms with Gasteiger partial charge in [-0.25, -0.2) is 9.29 Å². The summed E-state index contributed by atoms with van der Waals surface area (Å²) in [6.07, 6.45) is 0. The summed E-state index contributed by atoms with van der Waals surface area (Å²) in [6, 6.07) is 9.19. The summed E-state index contributed by atoms with van der Waals surface area (Å²) >= 11 is 0. The number of halogens is 1. The second kappa shape index (κ2) is 7.41. The quantitative estimate of drug-likeness (QED) is 0.840. The van der Waals surface area contributed by atoms with Crippen LogP contribution in [-0.2, 0) is 9.59 Å². The molecule has 0 atom stereocenters. The molecule has 2 rings (SSSR count). The molecule has 0 aliphatic carbocycles. The SMILES string of the molecule is COc1nc(N(C(C)=O)C(C)=O)c(C#N)c(-c2ccccc2F)c1C#N. The highest BCUT2D eigenvalue weighted by molar-refractivity contribution is 6.13. The van der Waals surface area contributed by atoms with Crippen LogP contribution in [0.1, 0.15) is 25.0 Å². The summed E-state index contributed by atoms with van der Waals surface area (Å²) in [4.78, 5) is 28.5. The van der Waals surface area contributed by atoms with Crippen LogP contribution in [0, 0.1) is 28.5 Å². The first-order valence-corrected chi connectivity index (χ1v) is 7.35. The van der Waals surface area contributed by atoms with Crippen molar-refractivity contribution < 1.29 is 18.7 Å². The molecular weight excluding hydrogens is 339 g/mol. The number of amides is 2. The van der Waals surface area contributed by atoms with Gasteiger partial charge in [0.15, 0.2) is 5.82 Å². The molecule has 0 radical (unpaired) electrons. The number of carbonyl (C=O) groups excluding carboxylic acids is 2. The van der Waals surface area contributed by atoms with Crippen LogP contribution in [0.5, 0.6) is 5.88 Å². The van der Waals surface area contributed by atoms with Gasteiger partial charge in [0.05, 0.1) is 7.11 Å². The standard InChI is InChI=1S/C18H13FN4O3/c1-10(24)23(11(2)25)17-13(8-20)16(12-6-4-5-7-15(12)19)14(9-21)18(22-17)26-3/h4-7H,1-3H3. The number of nitrogens with zero attached hydrogens (tertiary/aromatic N) is 4. The van der Waals surface area contributed by atoms with E-state index in [9.17, 15) is 24.5 Å². The van der Waals surface area contributed by atoms with E-state index in [1.165, 1.54) is 25.3 Å². The Bertz CT molecular complexity index is 975. The van der Waals surface area contributed by atoms with E-state index in [0.29, 0.717) is 4.90 Å². The minimum absolute atomic E-state index is 0.0467. The third kappa shape index (κ3) is 3.08. The Kier molecular flexibility index (Phi) is 5.29. The fourth-order valence-corrected chi connectivity index (χ4v) is 2.52. The Hall–Kier alpha value is -3.78. The molecule has 1 aromatic heterocycles. The van der Waals surface area contributed by atoms with Crippen molar-refractivity contribution in [2.45, 2.75) is 13.8 Å². The summed E-state index contributed by atoms with van der Waals surface area (Å²) in [6.45, 7) is 2.25. The van der Waals surface area contributed by atoms with E-state index in [1.807, 2.05) is 12.1 Å². The van der Waals surface area contributed by atoms with E-state index in [2.05, 4.69) is 4.98 Å². The lowest BCUT2D eigenvalue weighted by molar-refractivity contribution is -0.124. The van der Waals surface area contributed by atoms with Gasteiger partial charge >= 0.3 is 0 Å². The molecule has 0 unspecified atom stereocenters. The number of ether oxygens (including phenoxy) is 1. The molecule has 1 heterocycles. The third-order valence-corrected chi connectivity index (χ3v) is 3.55. The molecule has 0 aliphatic rings. The Morgan fingerprint density at radius 2 is 1.69 bits per heavy atom. The summed E-state index contributed by atoms with van der Waals surface area (Å²) in [7, 11) is 1.23. The van der Waals surface area contributed by atoms with Crippen LogP contribution in [0.25, 0.3) is 11.1 Å². The van der Waals surface area contributed by atoms with Gasteiger partial charge in [0, 0.05) is 25.0 Å². The zero-order valence-corrected chi connectivity index (χ0v) is 14.2. The van der Waals surface area contributed by atoms with Gasteiger partial charge in [-0.05, 0) is 6.07 Å². The number of rotatable bonds is 3. The van der Waals surface area contributed by atoms with Gasteiger partial charge in [0.25, 0.3) is 0 Å². The minimum Gasteiger partial charge on any atom is -0.480 e. The summed E-state index contributed by atoms with van der Waals surface area (Å²) in [5.41, 5.74) is -0.597. The smallest absolute Gasteiger partial charge is 0.234 e. The number of hydrogen-bond acceptors (Lipinski definition) is 6.